The minimum atomic E-state index is -0.249. The van der Waals surface area contributed by atoms with Crippen LogP contribution in [-0.2, 0) is 9.53 Å². The Morgan fingerprint density at radius 2 is 1.80 bits per heavy atom. The van der Waals surface area contributed by atoms with Gasteiger partial charge in [0.2, 0.25) is 0 Å². The second-order valence-electron chi connectivity index (χ2n) is 4.63. The molecule has 0 rings (SSSR count). The number of rotatable bonds is 6. The van der Waals surface area contributed by atoms with Crippen LogP contribution in [0.2, 0.25) is 0 Å². The average Bonchev–Trinajstić information content (AvgIpc) is 2.15. The minimum Gasteiger partial charge on any atom is -0.459 e. The summed E-state index contributed by atoms with van der Waals surface area (Å²) in [6.07, 6.45) is 1.56. The number of carbonyl (C=O) groups is 1. The Bertz CT molecular complexity index is 219. The summed E-state index contributed by atoms with van der Waals surface area (Å²) in [5.41, 5.74) is 0.555. The molecule has 0 aromatic carbocycles. The van der Waals surface area contributed by atoms with Gasteiger partial charge in [-0.15, -0.1) is 0 Å². The quantitative estimate of drug-likeness (QED) is 0.497. The highest BCUT2D eigenvalue weighted by atomic mass is 16.5. The van der Waals surface area contributed by atoms with Crippen LogP contribution in [0.25, 0.3) is 0 Å². The topological polar surface area (TPSA) is 26.3 Å². The third-order valence-corrected chi connectivity index (χ3v) is 2.87. The number of hydrogen-bond acceptors (Lipinski definition) is 2. The SMILES string of the molecule is C=C(CC)C(=O)OC(C)CC(C)C(C)C. The van der Waals surface area contributed by atoms with Gasteiger partial charge in [0.05, 0.1) is 6.10 Å². The van der Waals surface area contributed by atoms with Crippen LogP contribution in [0.5, 0.6) is 0 Å². The van der Waals surface area contributed by atoms with Gasteiger partial charge in [0, 0.05) is 5.57 Å². The Balaban J connectivity index is 3.98. The summed E-state index contributed by atoms with van der Waals surface area (Å²) in [5.74, 6) is 0.948. The van der Waals surface area contributed by atoms with Gasteiger partial charge in [-0.3, -0.25) is 0 Å². The zero-order valence-electron chi connectivity index (χ0n) is 10.7. The molecule has 0 radical (unpaired) electrons. The Hall–Kier alpha value is -0.790. The van der Waals surface area contributed by atoms with E-state index in [4.69, 9.17) is 4.74 Å². The van der Waals surface area contributed by atoms with Crippen molar-refractivity contribution in [2.24, 2.45) is 11.8 Å². The molecule has 2 heteroatoms. The van der Waals surface area contributed by atoms with Crippen molar-refractivity contribution in [1.82, 2.24) is 0 Å². The van der Waals surface area contributed by atoms with Crippen molar-refractivity contribution in [2.75, 3.05) is 0 Å². The molecule has 0 saturated heterocycles. The molecule has 0 aliphatic heterocycles. The standard InChI is InChI=1S/C13H24O2/c1-7-10(4)13(14)15-12(6)8-11(5)9(2)3/h9,11-12H,4,7-8H2,1-3,5-6H3. The van der Waals surface area contributed by atoms with E-state index >= 15 is 0 Å². The van der Waals surface area contributed by atoms with Gasteiger partial charge in [-0.1, -0.05) is 34.3 Å². The van der Waals surface area contributed by atoms with E-state index in [1.54, 1.807) is 0 Å². The van der Waals surface area contributed by atoms with Gasteiger partial charge < -0.3 is 4.74 Å². The largest absolute Gasteiger partial charge is 0.459 e. The van der Waals surface area contributed by atoms with Crippen molar-refractivity contribution < 1.29 is 9.53 Å². The molecule has 2 nitrogen and oxygen atoms in total. The molecule has 0 aromatic heterocycles. The lowest BCUT2D eigenvalue weighted by atomic mass is 9.92. The highest BCUT2D eigenvalue weighted by molar-refractivity contribution is 5.87. The molecule has 15 heavy (non-hydrogen) atoms. The van der Waals surface area contributed by atoms with Gasteiger partial charge in [-0.2, -0.15) is 0 Å². The highest BCUT2D eigenvalue weighted by Gasteiger charge is 2.16. The molecule has 2 atom stereocenters. The van der Waals surface area contributed by atoms with Gasteiger partial charge in [0.25, 0.3) is 0 Å². The second-order valence-corrected chi connectivity index (χ2v) is 4.63. The molecular formula is C13H24O2. The van der Waals surface area contributed by atoms with Crippen LogP contribution in [0.1, 0.15) is 47.5 Å². The summed E-state index contributed by atoms with van der Waals surface area (Å²) >= 11 is 0. The first-order chi connectivity index (χ1) is 6.88. The minimum absolute atomic E-state index is 0.0156. The van der Waals surface area contributed by atoms with Gasteiger partial charge in [0.15, 0.2) is 0 Å². The first-order valence-corrected chi connectivity index (χ1v) is 5.77. The zero-order valence-corrected chi connectivity index (χ0v) is 10.7. The number of ether oxygens (including phenoxy) is 1. The normalized spacial score (nSPS) is 14.8. The highest BCUT2D eigenvalue weighted by Crippen LogP contribution is 2.18. The Morgan fingerprint density at radius 1 is 1.27 bits per heavy atom. The summed E-state index contributed by atoms with van der Waals surface area (Å²) < 4.78 is 5.29. The van der Waals surface area contributed by atoms with Crippen molar-refractivity contribution in [2.45, 2.75) is 53.6 Å². The van der Waals surface area contributed by atoms with Gasteiger partial charge in [-0.25, -0.2) is 4.79 Å². The van der Waals surface area contributed by atoms with E-state index in [0.717, 1.165) is 6.42 Å². The summed E-state index contributed by atoms with van der Waals surface area (Å²) in [6.45, 7) is 14.1. The first kappa shape index (κ1) is 14.2. The molecule has 0 N–H and O–H groups in total. The summed E-state index contributed by atoms with van der Waals surface area (Å²) in [4.78, 5) is 11.4. The van der Waals surface area contributed by atoms with Gasteiger partial charge in [-0.05, 0) is 31.6 Å². The van der Waals surface area contributed by atoms with E-state index < -0.39 is 0 Å². The molecule has 88 valence electrons. The van der Waals surface area contributed by atoms with Crippen LogP contribution in [-0.4, -0.2) is 12.1 Å². The number of hydrogen-bond donors (Lipinski definition) is 0. The predicted octanol–water partition coefficient (Wildman–Crippen LogP) is 3.57. The van der Waals surface area contributed by atoms with Crippen LogP contribution in [0.3, 0.4) is 0 Å². The van der Waals surface area contributed by atoms with Crippen LogP contribution in [0.4, 0.5) is 0 Å². The van der Waals surface area contributed by atoms with Crippen molar-refractivity contribution >= 4 is 5.97 Å². The Morgan fingerprint density at radius 3 is 2.20 bits per heavy atom. The first-order valence-electron chi connectivity index (χ1n) is 5.77. The second kappa shape index (κ2) is 6.65. The fraction of sp³-hybridized carbons (Fsp3) is 0.769. The van der Waals surface area contributed by atoms with Crippen LogP contribution in [0, 0.1) is 11.8 Å². The van der Waals surface area contributed by atoms with Crippen LogP contribution < -0.4 is 0 Å². The van der Waals surface area contributed by atoms with Crippen molar-refractivity contribution in [3.8, 4) is 0 Å². The van der Waals surface area contributed by atoms with Crippen molar-refractivity contribution in [3.63, 3.8) is 0 Å². The average molecular weight is 212 g/mol. The van der Waals surface area contributed by atoms with Crippen LogP contribution in [0.15, 0.2) is 12.2 Å². The molecular weight excluding hydrogens is 188 g/mol. The lowest BCUT2D eigenvalue weighted by molar-refractivity contribution is -0.144. The Labute approximate surface area is 93.7 Å². The molecule has 0 heterocycles. The van der Waals surface area contributed by atoms with E-state index in [2.05, 4.69) is 27.4 Å². The molecule has 2 unspecified atom stereocenters. The van der Waals surface area contributed by atoms with Gasteiger partial charge in [0.1, 0.15) is 0 Å². The van der Waals surface area contributed by atoms with Crippen molar-refractivity contribution in [3.05, 3.63) is 12.2 Å². The summed E-state index contributed by atoms with van der Waals surface area (Å²) in [5, 5.41) is 0. The molecule has 0 spiro atoms. The van der Waals surface area contributed by atoms with E-state index in [1.165, 1.54) is 0 Å². The van der Waals surface area contributed by atoms with E-state index in [9.17, 15) is 4.79 Å². The van der Waals surface area contributed by atoms with Crippen molar-refractivity contribution in [1.29, 1.82) is 0 Å². The lowest BCUT2D eigenvalue weighted by Crippen LogP contribution is -2.20. The molecule has 0 fully saturated rings. The van der Waals surface area contributed by atoms with Crippen LogP contribution >= 0.6 is 0 Å². The number of esters is 1. The molecule has 0 aliphatic carbocycles. The molecule has 0 bridgehead atoms. The maximum absolute atomic E-state index is 11.4. The predicted molar refractivity (Wildman–Crippen MR) is 63.6 cm³/mol. The van der Waals surface area contributed by atoms with E-state index in [-0.39, 0.29) is 12.1 Å². The summed E-state index contributed by atoms with van der Waals surface area (Å²) in [7, 11) is 0. The maximum atomic E-state index is 11.4. The fourth-order valence-corrected chi connectivity index (χ4v) is 1.25. The zero-order chi connectivity index (χ0) is 12.0. The van der Waals surface area contributed by atoms with E-state index in [0.29, 0.717) is 23.8 Å². The summed E-state index contributed by atoms with van der Waals surface area (Å²) in [6, 6.07) is 0. The lowest BCUT2D eigenvalue weighted by Gasteiger charge is -2.20. The molecule has 0 aliphatic rings. The third-order valence-electron chi connectivity index (χ3n) is 2.87. The number of carbonyl (C=O) groups excluding carboxylic acids is 1. The molecule has 0 aromatic rings. The van der Waals surface area contributed by atoms with Gasteiger partial charge >= 0.3 is 5.97 Å². The smallest absolute Gasteiger partial charge is 0.333 e. The monoisotopic (exact) mass is 212 g/mol. The Kier molecular flexibility index (Phi) is 6.30. The third kappa shape index (κ3) is 5.60. The fourth-order valence-electron chi connectivity index (χ4n) is 1.25. The molecule has 0 saturated carbocycles. The molecule has 0 amide bonds. The van der Waals surface area contributed by atoms with E-state index in [1.807, 2.05) is 13.8 Å². The maximum Gasteiger partial charge on any atom is 0.333 e.